The zero-order valence-electron chi connectivity index (χ0n) is 11.0. The molecule has 0 atom stereocenters. The Hall–Kier alpha value is -2.97. The second-order valence-corrected chi connectivity index (χ2v) is 4.16. The van der Waals surface area contributed by atoms with Gasteiger partial charge in [-0.2, -0.15) is 0 Å². The molecule has 2 heterocycles. The van der Waals surface area contributed by atoms with Gasteiger partial charge in [0.2, 0.25) is 5.76 Å². The topological polar surface area (TPSA) is 86.5 Å². The van der Waals surface area contributed by atoms with E-state index in [9.17, 15) is 13.6 Å². The molecule has 1 aliphatic heterocycles. The highest BCUT2D eigenvalue weighted by Gasteiger charge is 2.21. The Balaban J connectivity index is 1.78. The molecule has 1 N–H and O–H groups in total. The Labute approximate surface area is 122 Å². The van der Waals surface area contributed by atoms with Crippen molar-refractivity contribution < 1.29 is 27.5 Å². The van der Waals surface area contributed by atoms with Crippen LogP contribution in [0.1, 0.15) is 16.2 Å². The third-order valence-corrected chi connectivity index (χ3v) is 2.70. The number of hydrogen-bond acceptors (Lipinski definition) is 6. The number of aromatic nitrogens is 2. The molecule has 3 rings (SSSR count). The highest BCUT2D eigenvalue weighted by molar-refractivity contribution is 6.03. The molecule has 0 saturated heterocycles. The Kier molecular flexibility index (Phi) is 3.69. The fourth-order valence-electron chi connectivity index (χ4n) is 1.73. The van der Waals surface area contributed by atoms with Crippen LogP contribution in [-0.2, 0) is 9.47 Å². The molecular weight excluding hydrogens is 300 g/mol. The summed E-state index contributed by atoms with van der Waals surface area (Å²) in [4.78, 5) is 11.9. The minimum Gasteiger partial charge on any atom is -0.494 e. The summed E-state index contributed by atoms with van der Waals surface area (Å²) in [5, 5.41) is 9.30. The lowest BCUT2D eigenvalue weighted by atomic mass is 10.2. The summed E-state index contributed by atoms with van der Waals surface area (Å²) in [5.41, 5.74) is -0.737. The Morgan fingerprint density at radius 2 is 1.95 bits per heavy atom. The Morgan fingerprint density at radius 1 is 1.18 bits per heavy atom. The lowest BCUT2D eigenvalue weighted by Crippen LogP contribution is -2.16. The van der Waals surface area contributed by atoms with E-state index in [0.29, 0.717) is 13.2 Å². The number of nitrogens with zero attached hydrogens (tertiary/aromatic N) is 2. The normalized spacial score (nSPS) is 13.8. The summed E-state index contributed by atoms with van der Waals surface area (Å²) in [6.45, 7) is 0.712. The third kappa shape index (κ3) is 2.73. The molecule has 0 aliphatic carbocycles. The van der Waals surface area contributed by atoms with Crippen molar-refractivity contribution >= 4 is 17.7 Å². The maximum atomic E-state index is 13.5. The van der Waals surface area contributed by atoms with Crippen LogP contribution in [-0.4, -0.2) is 29.3 Å². The molecule has 22 heavy (non-hydrogen) atoms. The summed E-state index contributed by atoms with van der Waals surface area (Å²) in [5.74, 6) is -2.85. The average molecular weight is 309 g/mol. The standard InChI is InChI=1S/C13H9F2N3O4/c14-7-2-1-3-8(15)10(7)11(19)16-13-18-17-12(22-13)9-6-20-4-5-21-9/h1-3,6H,4-5H2,(H,16,18,19). The first kappa shape index (κ1) is 14.0. The Morgan fingerprint density at radius 3 is 2.64 bits per heavy atom. The first-order chi connectivity index (χ1) is 10.6. The van der Waals surface area contributed by atoms with Gasteiger partial charge >= 0.3 is 6.01 Å². The van der Waals surface area contributed by atoms with Gasteiger partial charge in [-0.1, -0.05) is 11.2 Å². The number of amides is 1. The maximum absolute atomic E-state index is 13.5. The van der Waals surface area contributed by atoms with Gasteiger partial charge in [0.15, 0.2) is 0 Å². The minimum atomic E-state index is -1.04. The van der Waals surface area contributed by atoms with Gasteiger partial charge in [0, 0.05) is 0 Å². The molecule has 1 aliphatic rings. The van der Waals surface area contributed by atoms with E-state index >= 15 is 0 Å². The van der Waals surface area contributed by atoms with Crippen LogP contribution in [0.15, 0.2) is 28.9 Å². The minimum absolute atomic E-state index is 0.0241. The third-order valence-electron chi connectivity index (χ3n) is 2.70. The van der Waals surface area contributed by atoms with E-state index in [1.54, 1.807) is 0 Å². The van der Waals surface area contributed by atoms with Crippen molar-refractivity contribution in [1.29, 1.82) is 0 Å². The zero-order chi connectivity index (χ0) is 15.5. The fourth-order valence-corrected chi connectivity index (χ4v) is 1.73. The van der Waals surface area contributed by atoms with Gasteiger partial charge in [-0.05, 0) is 12.1 Å². The van der Waals surface area contributed by atoms with Crippen LogP contribution in [0.25, 0.3) is 5.76 Å². The molecule has 0 fully saturated rings. The zero-order valence-corrected chi connectivity index (χ0v) is 11.0. The molecule has 1 aromatic carbocycles. The number of carbonyl (C=O) groups is 1. The molecule has 0 bridgehead atoms. The first-order valence-corrected chi connectivity index (χ1v) is 6.19. The van der Waals surface area contributed by atoms with E-state index in [4.69, 9.17) is 13.9 Å². The van der Waals surface area contributed by atoms with Crippen molar-refractivity contribution in [3.05, 3.63) is 47.5 Å². The van der Waals surface area contributed by atoms with Crippen LogP contribution in [0.2, 0.25) is 0 Å². The highest BCUT2D eigenvalue weighted by Crippen LogP contribution is 2.20. The van der Waals surface area contributed by atoms with Crippen molar-refractivity contribution in [2.75, 3.05) is 18.5 Å². The lowest BCUT2D eigenvalue weighted by Gasteiger charge is -2.11. The smallest absolute Gasteiger partial charge is 0.322 e. The quantitative estimate of drug-likeness (QED) is 0.932. The summed E-state index contributed by atoms with van der Waals surface area (Å²) < 4.78 is 42.3. The SMILES string of the molecule is O=C(Nc1nnc(C2=COCCO2)o1)c1c(F)cccc1F. The maximum Gasteiger partial charge on any atom is 0.322 e. The van der Waals surface area contributed by atoms with Gasteiger partial charge in [0.1, 0.15) is 36.7 Å². The number of anilines is 1. The largest absolute Gasteiger partial charge is 0.494 e. The number of ether oxygens (including phenoxy) is 2. The van der Waals surface area contributed by atoms with Gasteiger partial charge in [-0.3, -0.25) is 10.1 Å². The van der Waals surface area contributed by atoms with E-state index in [0.717, 1.165) is 18.2 Å². The highest BCUT2D eigenvalue weighted by atomic mass is 19.1. The molecule has 0 radical (unpaired) electrons. The van der Waals surface area contributed by atoms with Crippen molar-refractivity contribution in [2.45, 2.75) is 0 Å². The molecule has 2 aromatic rings. The van der Waals surface area contributed by atoms with Gasteiger partial charge < -0.3 is 13.9 Å². The molecule has 1 amide bonds. The molecule has 0 saturated carbocycles. The average Bonchev–Trinajstić information content (AvgIpc) is 2.96. The van der Waals surface area contributed by atoms with Crippen LogP contribution < -0.4 is 5.32 Å². The summed E-state index contributed by atoms with van der Waals surface area (Å²) in [7, 11) is 0. The molecule has 9 heteroatoms. The lowest BCUT2D eigenvalue weighted by molar-refractivity contribution is 0.101. The summed E-state index contributed by atoms with van der Waals surface area (Å²) in [6.07, 6.45) is 1.29. The second kappa shape index (κ2) is 5.80. The number of halogens is 2. The van der Waals surface area contributed by atoms with E-state index in [2.05, 4.69) is 15.5 Å². The summed E-state index contributed by atoms with van der Waals surface area (Å²) >= 11 is 0. The molecule has 7 nitrogen and oxygen atoms in total. The molecular formula is C13H9F2N3O4. The van der Waals surface area contributed by atoms with Gasteiger partial charge in [-0.25, -0.2) is 8.78 Å². The van der Waals surface area contributed by atoms with Crippen molar-refractivity contribution in [1.82, 2.24) is 10.2 Å². The van der Waals surface area contributed by atoms with Crippen LogP contribution in [0.4, 0.5) is 14.8 Å². The van der Waals surface area contributed by atoms with E-state index in [-0.39, 0.29) is 17.7 Å². The van der Waals surface area contributed by atoms with Gasteiger partial charge in [0.25, 0.3) is 11.8 Å². The van der Waals surface area contributed by atoms with Gasteiger partial charge in [0.05, 0.1) is 0 Å². The predicted octanol–water partition coefficient (Wildman–Crippen LogP) is 1.95. The van der Waals surface area contributed by atoms with Crippen molar-refractivity contribution in [3.63, 3.8) is 0 Å². The van der Waals surface area contributed by atoms with Crippen molar-refractivity contribution in [2.24, 2.45) is 0 Å². The van der Waals surface area contributed by atoms with Gasteiger partial charge in [-0.15, -0.1) is 5.10 Å². The van der Waals surface area contributed by atoms with E-state index < -0.39 is 23.1 Å². The van der Waals surface area contributed by atoms with E-state index in [1.165, 1.54) is 6.26 Å². The van der Waals surface area contributed by atoms with Crippen molar-refractivity contribution in [3.8, 4) is 0 Å². The van der Waals surface area contributed by atoms with Crippen LogP contribution >= 0.6 is 0 Å². The molecule has 0 unspecified atom stereocenters. The predicted molar refractivity (Wildman–Crippen MR) is 68.5 cm³/mol. The monoisotopic (exact) mass is 309 g/mol. The van der Waals surface area contributed by atoms with E-state index in [1.807, 2.05) is 0 Å². The number of rotatable bonds is 3. The van der Waals surface area contributed by atoms with Crippen LogP contribution in [0.5, 0.6) is 0 Å². The number of nitrogens with one attached hydrogen (secondary N) is 1. The number of hydrogen-bond donors (Lipinski definition) is 1. The number of benzene rings is 1. The first-order valence-electron chi connectivity index (χ1n) is 6.19. The fraction of sp³-hybridized carbons (Fsp3) is 0.154. The number of carbonyl (C=O) groups excluding carboxylic acids is 1. The van der Waals surface area contributed by atoms with Crippen LogP contribution in [0, 0.1) is 11.6 Å². The molecule has 1 aromatic heterocycles. The summed E-state index contributed by atoms with van der Waals surface area (Å²) in [6, 6.07) is 2.77. The second-order valence-electron chi connectivity index (χ2n) is 4.16. The molecule has 0 spiro atoms. The molecule has 114 valence electrons. The Bertz CT molecular complexity index is 724. The van der Waals surface area contributed by atoms with Crippen LogP contribution in [0.3, 0.4) is 0 Å².